The summed E-state index contributed by atoms with van der Waals surface area (Å²) in [5, 5.41) is 2.08. The number of benzene rings is 6. The normalized spacial score (nSPS) is 11.8. The lowest BCUT2D eigenvalue weighted by Crippen LogP contribution is -2.01. The average molecular weight is 615 g/mol. The van der Waals surface area contributed by atoms with E-state index in [1.165, 1.54) is 0 Å². The number of nitrogens with zero attached hydrogens (tertiary/aromatic N) is 6. The molecule has 48 heavy (non-hydrogen) atoms. The Labute approximate surface area is 275 Å². The van der Waals surface area contributed by atoms with E-state index in [4.69, 9.17) is 19.9 Å². The lowest BCUT2D eigenvalue weighted by Gasteiger charge is -2.15. The molecule has 0 unspecified atom stereocenters. The SMILES string of the molecule is c1ccc(-c2nc(-c3cccc(-n4c(-c5ccccc5)nc5ccccc54)c3)nc3c2c2ccccc2n2c4ccccc4nc32)cc1. The van der Waals surface area contributed by atoms with Crippen LogP contribution < -0.4 is 0 Å². The molecule has 224 valence electrons. The van der Waals surface area contributed by atoms with E-state index in [2.05, 4.69) is 130 Å². The summed E-state index contributed by atoms with van der Waals surface area (Å²) in [5.74, 6) is 1.52. The summed E-state index contributed by atoms with van der Waals surface area (Å²) < 4.78 is 4.46. The number of aromatic nitrogens is 6. The molecule has 0 bridgehead atoms. The van der Waals surface area contributed by atoms with Crippen molar-refractivity contribution in [2.75, 3.05) is 0 Å². The molecule has 0 fully saturated rings. The van der Waals surface area contributed by atoms with Crippen LogP contribution in [0.4, 0.5) is 0 Å². The van der Waals surface area contributed by atoms with Crippen molar-refractivity contribution >= 4 is 49.5 Å². The summed E-state index contributed by atoms with van der Waals surface area (Å²) in [7, 11) is 0. The molecule has 6 heteroatoms. The Bertz CT molecular complexity index is 2830. The van der Waals surface area contributed by atoms with Crippen LogP contribution in [0.15, 0.2) is 158 Å². The molecule has 6 aromatic carbocycles. The molecular weight excluding hydrogens is 589 g/mol. The zero-order valence-corrected chi connectivity index (χ0v) is 25.7. The van der Waals surface area contributed by atoms with Crippen LogP contribution >= 0.6 is 0 Å². The van der Waals surface area contributed by atoms with Crippen LogP contribution in [0.25, 0.3) is 89.2 Å². The van der Waals surface area contributed by atoms with Crippen molar-refractivity contribution in [1.82, 2.24) is 28.9 Å². The predicted octanol–water partition coefficient (Wildman–Crippen LogP) is 9.92. The molecule has 10 rings (SSSR count). The second kappa shape index (κ2) is 10.4. The Balaban J connectivity index is 1.29. The fourth-order valence-corrected chi connectivity index (χ4v) is 6.97. The summed E-state index contributed by atoms with van der Waals surface area (Å²) in [6.45, 7) is 0. The van der Waals surface area contributed by atoms with E-state index in [9.17, 15) is 0 Å². The second-order valence-corrected chi connectivity index (χ2v) is 11.9. The highest BCUT2D eigenvalue weighted by Crippen LogP contribution is 2.38. The van der Waals surface area contributed by atoms with Gasteiger partial charge < -0.3 is 0 Å². The van der Waals surface area contributed by atoms with Crippen LogP contribution in [-0.4, -0.2) is 28.9 Å². The lowest BCUT2D eigenvalue weighted by atomic mass is 10.0. The van der Waals surface area contributed by atoms with E-state index in [-0.39, 0.29) is 0 Å². The first-order valence-corrected chi connectivity index (χ1v) is 16.0. The van der Waals surface area contributed by atoms with Crippen molar-refractivity contribution in [2.24, 2.45) is 0 Å². The molecular formula is C42H26N6. The van der Waals surface area contributed by atoms with Crippen molar-refractivity contribution in [2.45, 2.75) is 0 Å². The minimum Gasteiger partial charge on any atom is -0.292 e. The molecule has 0 radical (unpaired) electrons. The van der Waals surface area contributed by atoms with Gasteiger partial charge in [-0.25, -0.2) is 19.9 Å². The number of hydrogen-bond donors (Lipinski definition) is 0. The summed E-state index contributed by atoms with van der Waals surface area (Å²) in [4.78, 5) is 20.9. The fourth-order valence-electron chi connectivity index (χ4n) is 6.97. The van der Waals surface area contributed by atoms with Gasteiger partial charge in [-0.15, -0.1) is 0 Å². The van der Waals surface area contributed by atoms with Crippen LogP contribution in [0.1, 0.15) is 0 Å². The van der Waals surface area contributed by atoms with Gasteiger partial charge in [-0.05, 0) is 42.5 Å². The van der Waals surface area contributed by atoms with Gasteiger partial charge in [0.15, 0.2) is 11.5 Å². The van der Waals surface area contributed by atoms with Gasteiger partial charge in [-0.2, -0.15) is 0 Å². The molecule has 4 aromatic heterocycles. The number of rotatable bonds is 4. The maximum Gasteiger partial charge on any atom is 0.165 e. The highest BCUT2D eigenvalue weighted by Gasteiger charge is 2.21. The average Bonchev–Trinajstić information content (AvgIpc) is 3.75. The molecule has 0 aliphatic rings. The molecule has 4 heterocycles. The molecule has 0 amide bonds. The van der Waals surface area contributed by atoms with Gasteiger partial charge in [0.2, 0.25) is 0 Å². The Morgan fingerprint density at radius 2 is 1.06 bits per heavy atom. The Morgan fingerprint density at radius 3 is 1.85 bits per heavy atom. The summed E-state index contributed by atoms with van der Waals surface area (Å²) in [6.07, 6.45) is 0. The molecule has 0 aliphatic heterocycles. The number of hydrogen-bond acceptors (Lipinski definition) is 4. The van der Waals surface area contributed by atoms with Gasteiger partial charge in [-0.1, -0.05) is 115 Å². The molecule has 0 N–H and O–H groups in total. The lowest BCUT2D eigenvalue weighted by molar-refractivity contribution is 1.10. The molecule has 6 nitrogen and oxygen atoms in total. The van der Waals surface area contributed by atoms with Crippen LogP contribution in [0.5, 0.6) is 0 Å². The van der Waals surface area contributed by atoms with Crippen molar-refractivity contribution in [3.63, 3.8) is 0 Å². The van der Waals surface area contributed by atoms with Gasteiger partial charge in [0.05, 0.1) is 33.3 Å². The van der Waals surface area contributed by atoms with Gasteiger partial charge >= 0.3 is 0 Å². The van der Waals surface area contributed by atoms with E-state index < -0.39 is 0 Å². The van der Waals surface area contributed by atoms with Crippen molar-refractivity contribution in [3.8, 4) is 39.7 Å². The minimum absolute atomic E-state index is 0.637. The highest BCUT2D eigenvalue weighted by atomic mass is 15.1. The number of para-hydroxylation sites is 5. The third-order valence-corrected chi connectivity index (χ3v) is 9.10. The Morgan fingerprint density at radius 1 is 0.438 bits per heavy atom. The first-order chi connectivity index (χ1) is 23.8. The van der Waals surface area contributed by atoms with E-state index >= 15 is 0 Å². The third kappa shape index (κ3) is 3.99. The first-order valence-electron chi connectivity index (χ1n) is 16.0. The van der Waals surface area contributed by atoms with E-state index in [0.717, 1.165) is 83.4 Å². The monoisotopic (exact) mass is 614 g/mol. The van der Waals surface area contributed by atoms with Gasteiger partial charge in [0.25, 0.3) is 0 Å². The molecule has 0 saturated carbocycles. The smallest absolute Gasteiger partial charge is 0.165 e. The molecule has 0 spiro atoms. The van der Waals surface area contributed by atoms with Crippen molar-refractivity contribution < 1.29 is 0 Å². The van der Waals surface area contributed by atoms with Crippen molar-refractivity contribution in [3.05, 3.63) is 158 Å². The number of fused-ring (bicyclic) bond motifs is 9. The van der Waals surface area contributed by atoms with E-state index in [0.29, 0.717) is 5.82 Å². The largest absolute Gasteiger partial charge is 0.292 e. The van der Waals surface area contributed by atoms with Gasteiger partial charge in [0.1, 0.15) is 11.3 Å². The first kappa shape index (κ1) is 26.5. The third-order valence-electron chi connectivity index (χ3n) is 9.10. The van der Waals surface area contributed by atoms with Crippen molar-refractivity contribution in [1.29, 1.82) is 0 Å². The summed E-state index contributed by atoms with van der Waals surface area (Å²) in [5.41, 5.74) is 11.5. The van der Waals surface area contributed by atoms with E-state index in [1.807, 2.05) is 36.4 Å². The fraction of sp³-hybridized carbons (Fsp3) is 0. The molecule has 10 aromatic rings. The predicted molar refractivity (Wildman–Crippen MR) is 194 cm³/mol. The van der Waals surface area contributed by atoms with Gasteiger partial charge in [-0.3, -0.25) is 8.97 Å². The van der Waals surface area contributed by atoms with Gasteiger partial charge in [0, 0.05) is 33.2 Å². The standard InChI is InChI=1S/C42H26N6/c1-3-14-27(15-4-1)38-37-31-20-7-10-23-34(31)48-36-25-12-9-22-33(36)44-42(48)39(37)46-40(45-38)29-18-13-19-30(26-29)47-35-24-11-8-21-32(35)43-41(47)28-16-5-2-6-17-28/h1-26H. The maximum atomic E-state index is 5.35. The topological polar surface area (TPSA) is 60.9 Å². The molecule has 0 saturated heterocycles. The van der Waals surface area contributed by atoms with Crippen LogP contribution in [-0.2, 0) is 0 Å². The second-order valence-electron chi connectivity index (χ2n) is 11.9. The number of imidazole rings is 2. The number of pyridine rings is 1. The summed E-state index contributed by atoms with van der Waals surface area (Å²) in [6, 6.07) is 54.2. The zero-order chi connectivity index (χ0) is 31.6. The quantitative estimate of drug-likeness (QED) is 0.185. The summed E-state index contributed by atoms with van der Waals surface area (Å²) >= 11 is 0. The zero-order valence-electron chi connectivity index (χ0n) is 25.7. The van der Waals surface area contributed by atoms with Crippen LogP contribution in [0.2, 0.25) is 0 Å². The van der Waals surface area contributed by atoms with Crippen LogP contribution in [0.3, 0.4) is 0 Å². The Hall–Kier alpha value is -6.66. The maximum absolute atomic E-state index is 5.35. The Kier molecular flexibility index (Phi) is 5.77. The molecule has 0 atom stereocenters. The van der Waals surface area contributed by atoms with E-state index in [1.54, 1.807) is 0 Å². The minimum atomic E-state index is 0.637. The molecule has 0 aliphatic carbocycles. The van der Waals surface area contributed by atoms with Crippen LogP contribution in [0, 0.1) is 0 Å². The highest BCUT2D eigenvalue weighted by molar-refractivity contribution is 6.17.